The molecule has 1 aromatic rings. The van der Waals surface area contributed by atoms with E-state index in [1.54, 1.807) is 12.1 Å². The largest absolute Gasteiger partial charge is 0.348 e. The van der Waals surface area contributed by atoms with Gasteiger partial charge >= 0.3 is 0 Å². The highest BCUT2D eigenvalue weighted by Crippen LogP contribution is 2.25. The first kappa shape index (κ1) is 19.9. The Balaban J connectivity index is 0.00000264. The molecule has 23 heavy (non-hydrogen) atoms. The first-order valence-electron chi connectivity index (χ1n) is 7.47. The summed E-state index contributed by atoms with van der Waals surface area (Å²) in [5, 5.41) is 11.4. The summed E-state index contributed by atoms with van der Waals surface area (Å²) >= 11 is 0. The van der Waals surface area contributed by atoms with Crippen LogP contribution in [0.1, 0.15) is 44.7 Å². The van der Waals surface area contributed by atoms with Gasteiger partial charge in [-0.2, -0.15) is 0 Å². The second-order valence-corrected chi connectivity index (χ2v) is 7.34. The molecule has 1 aromatic carbocycles. The van der Waals surface area contributed by atoms with Gasteiger partial charge in [0.2, 0.25) is 15.9 Å². The summed E-state index contributed by atoms with van der Waals surface area (Å²) in [6, 6.07) is 6.05. The fraction of sp³-hybridized carbons (Fsp3) is 0.533. The van der Waals surface area contributed by atoms with Crippen LogP contribution in [0.25, 0.3) is 0 Å². The van der Waals surface area contributed by atoms with Crippen molar-refractivity contribution in [1.29, 1.82) is 0 Å². The van der Waals surface area contributed by atoms with Gasteiger partial charge in [0, 0.05) is 0 Å². The lowest BCUT2D eigenvalue weighted by Crippen LogP contribution is -2.53. The zero-order chi connectivity index (χ0) is 16.4. The third-order valence-corrected chi connectivity index (χ3v) is 5.27. The van der Waals surface area contributed by atoms with Crippen LogP contribution in [0.15, 0.2) is 29.2 Å². The molecule has 1 heterocycles. The average molecular weight is 362 g/mol. The minimum absolute atomic E-state index is 0. The van der Waals surface area contributed by atoms with Gasteiger partial charge in [0.1, 0.15) is 0 Å². The normalized spacial score (nSPS) is 22.2. The molecule has 0 spiro atoms. The second kappa shape index (κ2) is 7.61. The van der Waals surface area contributed by atoms with Crippen molar-refractivity contribution in [2.45, 2.75) is 49.6 Å². The molecule has 2 atom stereocenters. The summed E-state index contributed by atoms with van der Waals surface area (Å²) in [5.41, 5.74) is 0.361. The van der Waals surface area contributed by atoms with Crippen molar-refractivity contribution in [2.75, 3.05) is 6.54 Å². The molecule has 6 nitrogen and oxygen atoms in total. The van der Waals surface area contributed by atoms with Gasteiger partial charge in [-0.15, -0.1) is 12.4 Å². The maximum absolute atomic E-state index is 12.5. The number of carbonyl (C=O) groups excluding carboxylic acids is 1. The number of rotatable bonds is 5. The molecule has 130 valence electrons. The number of nitrogens with two attached hydrogens (primary N) is 1. The Morgan fingerprint density at radius 3 is 2.43 bits per heavy atom. The summed E-state index contributed by atoms with van der Waals surface area (Å²) in [6.45, 7) is 4.74. The van der Waals surface area contributed by atoms with Gasteiger partial charge in [-0.05, 0) is 50.4 Å². The molecule has 8 heteroatoms. The molecule has 0 radical (unpaired) electrons. The Bertz CT molecular complexity index is 640. The van der Waals surface area contributed by atoms with Crippen LogP contribution in [0, 0.1) is 0 Å². The molecule has 1 fully saturated rings. The summed E-state index contributed by atoms with van der Waals surface area (Å²) in [4.78, 5) is 12.6. The molecule has 4 N–H and O–H groups in total. The van der Waals surface area contributed by atoms with Gasteiger partial charge in [-0.3, -0.25) is 4.79 Å². The monoisotopic (exact) mass is 361 g/mol. The number of halogens is 1. The number of amides is 1. The fourth-order valence-corrected chi connectivity index (χ4v) is 3.34. The summed E-state index contributed by atoms with van der Waals surface area (Å²) in [7, 11) is -3.69. The molecule has 1 amide bonds. The van der Waals surface area contributed by atoms with Crippen LogP contribution in [0.3, 0.4) is 0 Å². The van der Waals surface area contributed by atoms with Gasteiger partial charge in [-0.1, -0.05) is 19.1 Å². The Labute approximate surface area is 143 Å². The average Bonchev–Trinajstić information content (AvgIpc) is 2.96. The summed E-state index contributed by atoms with van der Waals surface area (Å²) in [5.74, 6) is -0.00415. The van der Waals surface area contributed by atoms with Crippen molar-refractivity contribution in [3.8, 4) is 0 Å². The number of hydrogen-bond acceptors (Lipinski definition) is 4. The van der Waals surface area contributed by atoms with Crippen LogP contribution in [0.5, 0.6) is 0 Å². The molecule has 1 saturated heterocycles. The standard InChI is InChI=1S/C15H23N3O3S.ClH/c1-3-15(9-4-10-17-15)14(19)18-11(2)12-5-7-13(8-6-12)22(16,20)21;/h5-8,11,17H,3-4,9-10H2,1-2H3,(H,18,19)(H2,16,20,21);1H. The first-order valence-corrected chi connectivity index (χ1v) is 9.02. The second-order valence-electron chi connectivity index (χ2n) is 5.78. The smallest absolute Gasteiger partial charge is 0.240 e. The van der Waals surface area contributed by atoms with Crippen LogP contribution in [0.4, 0.5) is 0 Å². The van der Waals surface area contributed by atoms with E-state index in [0.717, 1.165) is 31.4 Å². The lowest BCUT2D eigenvalue weighted by molar-refractivity contribution is -0.128. The Morgan fingerprint density at radius 1 is 1.39 bits per heavy atom. The maximum Gasteiger partial charge on any atom is 0.240 e. The lowest BCUT2D eigenvalue weighted by atomic mass is 9.92. The highest BCUT2D eigenvalue weighted by Gasteiger charge is 2.39. The van der Waals surface area contributed by atoms with Crippen molar-refractivity contribution < 1.29 is 13.2 Å². The minimum atomic E-state index is -3.69. The van der Waals surface area contributed by atoms with Crippen LogP contribution in [-0.4, -0.2) is 26.4 Å². The molecule has 2 unspecified atom stereocenters. The fourth-order valence-electron chi connectivity index (χ4n) is 2.83. The van der Waals surface area contributed by atoms with E-state index in [-0.39, 0.29) is 29.3 Å². The van der Waals surface area contributed by atoms with E-state index < -0.39 is 15.6 Å². The Kier molecular flexibility index (Phi) is 6.59. The van der Waals surface area contributed by atoms with E-state index in [9.17, 15) is 13.2 Å². The number of sulfonamides is 1. The molecule has 2 rings (SSSR count). The van der Waals surface area contributed by atoms with E-state index in [4.69, 9.17) is 5.14 Å². The van der Waals surface area contributed by atoms with Crippen molar-refractivity contribution in [3.63, 3.8) is 0 Å². The van der Waals surface area contributed by atoms with Gasteiger partial charge < -0.3 is 10.6 Å². The molecule has 0 saturated carbocycles. The zero-order valence-corrected chi connectivity index (χ0v) is 15.0. The van der Waals surface area contributed by atoms with Crippen LogP contribution < -0.4 is 15.8 Å². The highest BCUT2D eigenvalue weighted by atomic mass is 35.5. The Hall–Kier alpha value is -1.15. The van der Waals surface area contributed by atoms with E-state index in [2.05, 4.69) is 10.6 Å². The minimum Gasteiger partial charge on any atom is -0.348 e. The zero-order valence-electron chi connectivity index (χ0n) is 13.3. The summed E-state index contributed by atoms with van der Waals surface area (Å²) < 4.78 is 22.5. The number of hydrogen-bond donors (Lipinski definition) is 3. The molecular weight excluding hydrogens is 338 g/mol. The topological polar surface area (TPSA) is 101 Å². The highest BCUT2D eigenvalue weighted by molar-refractivity contribution is 7.89. The van der Waals surface area contributed by atoms with E-state index in [1.807, 2.05) is 13.8 Å². The number of carbonyl (C=O) groups is 1. The van der Waals surface area contributed by atoms with Crippen LogP contribution in [0.2, 0.25) is 0 Å². The molecule has 1 aliphatic rings. The number of nitrogens with one attached hydrogen (secondary N) is 2. The molecule has 0 aromatic heterocycles. The summed E-state index contributed by atoms with van der Waals surface area (Å²) in [6.07, 6.45) is 2.58. The van der Waals surface area contributed by atoms with Crippen molar-refractivity contribution in [3.05, 3.63) is 29.8 Å². The van der Waals surface area contributed by atoms with Crippen molar-refractivity contribution in [2.24, 2.45) is 5.14 Å². The SMILES string of the molecule is CCC1(C(=O)NC(C)c2ccc(S(N)(=O)=O)cc2)CCCN1.Cl. The lowest BCUT2D eigenvalue weighted by Gasteiger charge is -2.28. The van der Waals surface area contributed by atoms with Crippen molar-refractivity contribution in [1.82, 2.24) is 10.6 Å². The molecular formula is C15H24ClN3O3S. The van der Waals surface area contributed by atoms with E-state index in [1.165, 1.54) is 12.1 Å². The third kappa shape index (κ3) is 4.44. The third-order valence-electron chi connectivity index (χ3n) is 4.34. The number of benzene rings is 1. The predicted molar refractivity (Wildman–Crippen MR) is 91.9 cm³/mol. The Morgan fingerprint density at radius 2 is 2.00 bits per heavy atom. The molecule has 1 aliphatic heterocycles. The molecule has 0 bridgehead atoms. The number of primary sulfonamides is 1. The first-order chi connectivity index (χ1) is 10.3. The van der Waals surface area contributed by atoms with Gasteiger partial charge in [-0.25, -0.2) is 13.6 Å². The van der Waals surface area contributed by atoms with E-state index in [0.29, 0.717) is 0 Å². The van der Waals surface area contributed by atoms with Crippen molar-refractivity contribution >= 4 is 28.3 Å². The van der Waals surface area contributed by atoms with Gasteiger partial charge in [0.25, 0.3) is 0 Å². The van der Waals surface area contributed by atoms with Crippen LogP contribution >= 0.6 is 12.4 Å². The van der Waals surface area contributed by atoms with Crippen LogP contribution in [-0.2, 0) is 14.8 Å². The van der Waals surface area contributed by atoms with Gasteiger partial charge in [0.05, 0.1) is 16.5 Å². The maximum atomic E-state index is 12.5. The molecule has 0 aliphatic carbocycles. The van der Waals surface area contributed by atoms with Gasteiger partial charge in [0.15, 0.2) is 0 Å². The predicted octanol–water partition coefficient (Wildman–Crippen LogP) is 1.47. The quantitative estimate of drug-likeness (QED) is 0.739. The van der Waals surface area contributed by atoms with E-state index >= 15 is 0 Å².